The second-order valence-corrected chi connectivity index (χ2v) is 5.54. The van der Waals surface area contributed by atoms with Crippen molar-refractivity contribution in [2.45, 2.75) is 66.1 Å². The van der Waals surface area contributed by atoms with Gasteiger partial charge in [0.05, 0.1) is 0 Å². The Morgan fingerprint density at radius 1 is 1.35 bits per heavy atom. The second-order valence-electron chi connectivity index (χ2n) is 5.54. The molecular weight excluding hydrogens is 208 g/mol. The van der Waals surface area contributed by atoms with Crippen molar-refractivity contribution in [3.63, 3.8) is 0 Å². The minimum absolute atomic E-state index is 0.736. The van der Waals surface area contributed by atoms with Gasteiger partial charge in [0.15, 0.2) is 0 Å². The van der Waals surface area contributed by atoms with Crippen LogP contribution in [0.5, 0.6) is 0 Å². The topological polar surface area (TPSA) is 17.0 Å². The van der Waals surface area contributed by atoms with Gasteiger partial charge in [-0.1, -0.05) is 13.3 Å². The molecule has 1 aliphatic carbocycles. The molecule has 2 nitrogen and oxygen atoms in total. The van der Waals surface area contributed by atoms with E-state index in [1.54, 1.807) is 0 Å². The van der Waals surface area contributed by atoms with Crippen molar-refractivity contribution >= 4 is 0 Å². The van der Waals surface area contributed by atoms with E-state index < -0.39 is 0 Å². The van der Waals surface area contributed by atoms with Crippen LogP contribution in [-0.2, 0) is 13.1 Å². The smallest absolute Gasteiger partial charge is 0.0226 e. The van der Waals surface area contributed by atoms with Crippen molar-refractivity contribution in [2.75, 3.05) is 0 Å². The van der Waals surface area contributed by atoms with Gasteiger partial charge in [-0.05, 0) is 51.2 Å². The Balaban J connectivity index is 1.99. The Bertz CT molecular complexity index is 379. The minimum atomic E-state index is 0.736. The molecule has 2 unspecified atom stereocenters. The van der Waals surface area contributed by atoms with Gasteiger partial charge >= 0.3 is 0 Å². The van der Waals surface area contributed by atoms with Crippen LogP contribution in [-0.4, -0.2) is 10.6 Å². The standard InChI is InChI=1S/C15H26N2/c1-5-17-12(3)9-14(13(17)4)10-16-15-8-6-7-11(15)2/h9,11,15-16H,5-8,10H2,1-4H3. The maximum atomic E-state index is 3.74. The molecule has 0 radical (unpaired) electrons. The van der Waals surface area contributed by atoms with E-state index in [1.807, 2.05) is 0 Å². The van der Waals surface area contributed by atoms with Crippen LogP contribution in [0.1, 0.15) is 50.1 Å². The summed E-state index contributed by atoms with van der Waals surface area (Å²) in [6.07, 6.45) is 4.14. The van der Waals surface area contributed by atoms with Crippen molar-refractivity contribution in [1.29, 1.82) is 0 Å². The molecule has 17 heavy (non-hydrogen) atoms. The number of nitrogens with one attached hydrogen (secondary N) is 1. The molecule has 96 valence electrons. The first-order valence-electron chi connectivity index (χ1n) is 7.02. The molecule has 0 amide bonds. The molecule has 2 atom stereocenters. The van der Waals surface area contributed by atoms with Gasteiger partial charge in [0.25, 0.3) is 0 Å². The average Bonchev–Trinajstić information content (AvgIpc) is 2.81. The Kier molecular flexibility index (Phi) is 3.93. The fraction of sp³-hybridized carbons (Fsp3) is 0.733. The molecule has 0 aliphatic heterocycles. The largest absolute Gasteiger partial charge is 0.349 e. The van der Waals surface area contributed by atoms with Gasteiger partial charge in [-0.3, -0.25) is 0 Å². The van der Waals surface area contributed by atoms with Crippen molar-refractivity contribution in [3.8, 4) is 0 Å². The number of hydrogen-bond donors (Lipinski definition) is 1. The minimum Gasteiger partial charge on any atom is -0.349 e. The number of rotatable bonds is 4. The number of hydrogen-bond acceptors (Lipinski definition) is 1. The molecule has 1 fully saturated rings. The summed E-state index contributed by atoms with van der Waals surface area (Å²) >= 11 is 0. The first-order chi connectivity index (χ1) is 8.13. The van der Waals surface area contributed by atoms with E-state index in [4.69, 9.17) is 0 Å². The highest BCUT2D eigenvalue weighted by Crippen LogP contribution is 2.25. The summed E-state index contributed by atoms with van der Waals surface area (Å²) in [4.78, 5) is 0. The van der Waals surface area contributed by atoms with Crippen LogP contribution in [0.15, 0.2) is 6.07 Å². The van der Waals surface area contributed by atoms with Crippen molar-refractivity contribution in [1.82, 2.24) is 9.88 Å². The fourth-order valence-electron chi connectivity index (χ4n) is 3.23. The first kappa shape index (κ1) is 12.7. The van der Waals surface area contributed by atoms with Gasteiger partial charge in [-0.15, -0.1) is 0 Å². The lowest BCUT2D eigenvalue weighted by Gasteiger charge is -2.17. The number of aromatic nitrogens is 1. The van der Waals surface area contributed by atoms with Crippen LogP contribution < -0.4 is 5.32 Å². The third-order valence-electron chi connectivity index (χ3n) is 4.41. The highest BCUT2D eigenvalue weighted by Gasteiger charge is 2.22. The van der Waals surface area contributed by atoms with E-state index in [0.717, 1.165) is 25.0 Å². The van der Waals surface area contributed by atoms with E-state index >= 15 is 0 Å². The highest BCUT2D eigenvalue weighted by atomic mass is 15.0. The summed E-state index contributed by atoms with van der Waals surface area (Å²) < 4.78 is 2.40. The van der Waals surface area contributed by atoms with E-state index in [2.05, 4.69) is 43.6 Å². The van der Waals surface area contributed by atoms with Crippen molar-refractivity contribution < 1.29 is 0 Å². The lowest BCUT2D eigenvalue weighted by Crippen LogP contribution is -2.30. The Hall–Kier alpha value is -0.760. The maximum absolute atomic E-state index is 3.74. The molecular formula is C15H26N2. The highest BCUT2D eigenvalue weighted by molar-refractivity contribution is 5.26. The fourth-order valence-corrected chi connectivity index (χ4v) is 3.23. The lowest BCUT2D eigenvalue weighted by molar-refractivity contribution is 0.425. The van der Waals surface area contributed by atoms with Crippen LogP contribution in [0.2, 0.25) is 0 Å². The molecule has 0 aromatic carbocycles. The van der Waals surface area contributed by atoms with Gasteiger partial charge in [0.2, 0.25) is 0 Å². The van der Waals surface area contributed by atoms with Gasteiger partial charge in [0.1, 0.15) is 0 Å². The molecule has 0 spiro atoms. The normalized spacial score (nSPS) is 24.5. The monoisotopic (exact) mass is 234 g/mol. The predicted molar refractivity (Wildman–Crippen MR) is 73.2 cm³/mol. The zero-order valence-corrected chi connectivity index (χ0v) is 11.7. The molecule has 2 rings (SSSR count). The Labute approximate surface area is 105 Å². The van der Waals surface area contributed by atoms with Crippen molar-refractivity contribution in [2.24, 2.45) is 5.92 Å². The second kappa shape index (κ2) is 5.26. The number of aryl methyl sites for hydroxylation is 1. The van der Waals surface area contributed by atoms with E-state index in [0.29, 0.717) is 0 Å². The third kappa shape index (κ3) is 2.57. The Morgan fingerprint density at radius 3 is 2.65 bits per heavy atom. The summed E-state index contributed by atoms with van der Waals surface area (Å²) in [7, 11) is 0. The van der Waals surface area contributed by atoms with E-state index in [-0.39, 0.29) is 0 Å². The summed E-state index contributed by atoms with van der Waals surface area (Å²) in [5.41, 5.74) is 4.30. The SMILES string of the molecule is CCn1c(C)cc(CNC2CCCC2C)c1C. The lowest BCUT2D eigenvalue weighted by atomic mass is 10.1. The Morgan fingerprint density at radius 2 is 2.12 bits per heavy atom. The molecule has 0 bridgehead atoms. The summed E-state index contributed by atoms with van der Waals surface area (Å²) in [5, 5.41) is 3.74. The molecule has 0 saturated heterocycles. The average molecular weight is 234 g/mol. The summed E-state index contributed by atoms with van der Waals surface area (Å²) in [6, 6.07) is 3.07. The summed E-state index contributed by atoms with van der Waals surface area (Å²) in [5.74, 6) is 0.852. The molecule has 1 aromatic rings. The van der Waals surface area contributed by atoms with Gasteiger partial charge < -0.3 is 9.88 Å². The molecule has 2 heteroatoms. The molecule has 1 N–H and O–H groups in total. The zero-order valence-electron chi connectivity index (χ0n) is 11.7. The third-order valence-corrected chi connectivity index (χ3v) is 4.41. The van der Waals surface area contributed by atoms with E-state index in [1.165, 1.54) is 36.2 Å². The first-order valence-corrected chi connectivity index (χ1v) is 7.02. The van der Waals surface area contributed by atoms with Crippen LogP contribution >= 0.6 is 0 Å². The zero-order chi connectivity index (χ0) is 12.4. The molecule has 1 saturated carbocycles. The van der Waals surface area contributed by atoms with Crippen LogP contribution in [0.4, 0.5) is 0 Å². The van der Waals surface area contributed by atoms with E-state index in [9.17, 15) is 0 Å². The van der Waals surface area contributed by atoms with Gasteiger partial charge in [-0.25, -0.2) is 0 Å². The van der Waals surface area contributed by atoms with Crippen molar-refractivity contribution in [3.05, 3.63) is 23.0 Å². The predicted octanol–water partition coefficient (Wildman–Crippen LogP) is 3.40. The molecule has 1 aromatic heterocycles. The number of nitrogens with zero attached hydrogens (tertiary/aromatic N) is 1. The van der Waals surface area contributed by atoms with Crippen LogP contribution in [0.25, 0.3) is 0 Å². The van der Waals surface area contributed by atoms with Crippen LogP contribution in [0.3, 0.4) is 0 Å². The van der Waals surface area contributed by atoms with Gasteiger partial charge in [-0.2, -0.15) is 0 Å². The molecule has 1 heterocycles. The van der Waals surface area contributed by atoms with Gasteiger partial charge in [0, 0.05) is 30.5 Å². The molecule has 1 aliphatic rings. The summed E-state index contributed by atoms with van der Waals surface area (Å²) in [6.45, 7) is 11.2. The quantitative estimate of drug-likeness (QED) is 0.845. The maximum Gasteiger partial charge on any atom is 0.0226 e. The van der Waals surface area contributed by atoms with Crippen LogP contribution in [0, 0.1) is 19.8 Å².